The second-order valence-corrected chi connectivity index (χ2v) is 4.47. The fourth-order valence-electron chi connectivity index (χ4n) is 2.27. The summed E-state index contributed by atoms with van der Waals surface area (Å²) in [6.07, 6.45) is 7.30. The third-order valence-corrected chi connectivity index (χ3v) is 3.19. The van der Waals surface area contributed by atoms with Crippen molar-refractivity contribution in [3.05, 3.63) is 24.5 Å². The van der Waals surface area contributed by atoms with Crippen molar-refractivity contribution < 1.29 is 0 Å². The minimum Gasteiger partial charge on any atom is -0.367 e. The molecule has 2 N–H and O–H groups in total. The molecular formula is C12H17N5. The van der Waals surface area contributed by atoms with Crippen molar-refractivity contribution in [2.24, 2.45) is 0 Å². The molecule has 1 aliphatic heterocycles. The zero-order valence-corrected chi connectivity index (χ0v) is 9.76. The average Bonchev–Trinajstić information content (AvgIpc) is 2.65. The Hall–Kier alpha value is -1.62. The average molecular weight is 231 g/mol. The predicted octanol–water partition coefficient (Wildman–Crippen LogP) is 1.28. The Balaban J connectivity index is 1.74. The van der Waals surface area contributed by atoms with Gasteiger partial charge in [0.15, 0.2) is 5.65 Å². The van der Waals surface area contributed by atoms with Crippen molar-refractivity contribution >= 4 is 11.5 Å². The third kappa shape index (κ3) is 2.39. The van der Waals surface area contributed by atoms with Crippen molar-refractivity contribution in [1.29, 1.82) is 0 Å². The van der Waals surface area contributed by atoms with E-state index in [0.29, 0.717) is 6.04 Å². The van der Waals surface area contributed by atoms with Gasteiger partial charge in [0.05, 0.1) is 6.20 Å². The maximum absolute atomic E-state index is 4.53. The van der Waals surface area contributed by atoms with Crippen LogP contribution in [0.15, 0.2) is 24.5 Å². The van der Waals surface area contributed by atoms with Crippen molar-refractivity contribution in [2.45, 2.75) is 25.3 Å². The molecule has 17 heavy (non-hydrogen) atoms. The zero-order chi connectivity index (χ0) is 11.5. The van der Waals surface area contributed by atoms with Gasteiger partial charge in [-0.15, -0.1) is 0 Å². The van der Waals surface area contributed by atoms with E-state index in [1.807, 2.05) is 18.3 Å². The number of fused-ring (bicyclic) bond motifs is 1. The molecule has 0 bridgehead atoms. The van der Waals surface area contributed by atoms with Crippen LogP contribution >= 0.6 is 0 Å². The Bertz CT molecular complexity index is 484. The minimum absolute atomic E-state index is 0.530. The molecule has 0 aromatic carbocycles. The van der Waals surface area contributed by atoms with E-state index in [9.17, 15) is 0 Å². The molecule has 1 fully saturated rings. The van der Waals surface area contributed by atoms with Crippen LogP contribution in [0.2, 0.25) is 0 Å². The molecule has 5 nitrogen and oxygen atoms in total. The SMILES string of the molecule is c1cc2nc(NC3CCCNCC3)ccn2n1. The summed E-state index contributed by atoms with van der Waals surface area (Å²) in [4.78, 5) is 4.53. The quantitative estimate of drug-likeness (QED) is 0.817. The summed E-state index contributed by atoms with van der Waals surface area (Å²) in [6, 6.07) is 4.43. The van der Waals surface area contributed by atoms with Crippen LogP contribution in [0.5, 0.6) is 0 Å². The van der Waals surface area contributed by atoms with E-state index in [4.69, 9.17) is 0 Å². The van der Waals surface area contributed by atoms with Crippen LogP contribution in [-0.4, -0.2) is 33.7 Å². The lowest BCUT2D eigenvalue weighted by Gasteiger charge is -2.16. The van der Waals surface area contributed by atoms with Crippen molar-refractivity contribution in [2.75, 3.05) is 18.4 Å². The molecule has 3 rings (SSSR count). The van der Waals surface area contributed by atoms with Crippen LogP contribution in [0.3, 0.4) is 0 Å². The lowest BCUT2D eigenvalue weighted by atomic mass is 10.1. The number of rotatable bonds is 2. The van der Waals surface area contributed by atoms with Gasteiger partial charge in [-0.05, 0) is 38.4 Å². The zero-order valence-electron chi connectivity index (χ0n) is 9.76. The Morgan fingerprint density at radius 2 is 2.29 bits per heavy atom. The molecule has 0 aliphatic carbocycles. The Morgan fingerprint density at radius 3 is 3.29 bits per heavy atom. The van der Waals surface area contributed by atoms with Crippen molar-refractivity contribution in [3.63, 3.8) is 0 Å². The summed E-state index contributed by atoms with van der Waals surface area (Å²) in [6.45, 7) is 2.22. The van der Waals surface area contributed by atoms with E-state index in [1.165, 1.54) is 12.8 Å². The highest BCUT2D eigenvalue weighted by Gasteiger charge is 2.12. The van der Waals surface area contributed by atoms with Crippen molar-refractivity contribution in [3.8, 4) is 0 Å². The number of hydrogen-bond acceptors (Lipinski definition) is 4. The number of anilines is 1. The summed E-state index contributed by atoms with van der Waals surface area (Å²) in [5, 5.41) is 11.1. The number of aromatic nitrogens is 3. The van der Waals surface area contributed by atoms with Gasteiger partial charge in [-0.25, -0.2) is 9.50 Å². The standard InChI is InChI=1S/C12H17N5/c1-2-10(3-7-13-6-1)15-11-5-9-17-12(16-11)4-8-14-17/h4-5,8-10,13H,1-3,6-7H2,(H,15,16). The molecule has 2 aromatic rings. The summed E-state index contributed by atoms with van der Waals surface area (Å²) >= 11 is 0. The van der Waals surface area contributed by atoms with Gasteiger partial charge >= 0.3 is 0 Å². The predicted molar refractivity (Wildman–Crippen MR) is 67.1 cm³/mol. The first kappa shape index (κ1) is 10.5. The van der Waals surface area contributed by atoms with Gasteiger partial charge in [0, 0.05) is 18.3 Å². The highest BCUT2D eigenvalue weighted by molar-refractivity contribution is 5.45. The summed E-state index contributed by atoms with van der Waals surface area (Å²) in [5.74, 6) is 0.949. The van der Waals surface area contributed by atoms with E-state index >= 15 is 0 Å². The molecule has 0 radical (unpaired) electrons. The van der Waals surface area contributed by atoms with Gasteiger partial charge in [0.25, 0.3) is 0 Å². The molecule has 3 heterocycles. The first-order valence-electron chi connectivity index (χ1n) is 6.19. The van der Waals surface area contributed by atoms with Crippen LogP contribution in [0, 0.1) is 0 Å². The second kappa shape index (κ2) is 4.71. The molecule has 0 spiro atoms. The van der Waals surface area contributed by atoms with Gasteiger partial charge in [-0.3, -0.25) is 0 Å². The lowest BCUT2D eigenvalue weighted by molar-refractivity contribution is 0.635. The van der Waals surface area contributed by atoms with E-state index in [2.05, 4.69) is 20.7 Å². The molecule has 1 saturated heterocycles. The second-order valence-electron chi connectivity index (χ2n) is 4.47. The Kier molecular flexibility index (Phi) is 2.92. The van der Waals surface area contributed by atoms with Gasteiger partial charge in [-0.1, -0.05) is 0 Å². The largest absolute Gasteiger partial charge is 0.367 e. The molecule has 2 aromatic heterocycles. The normalized spacial score (nSPS) is 21.3. The first-order chi connectivity index (χ1) is 8.42. The fraction of sp³-hybridized carbons (Fsp3) is 0.500. The summed E-state index contributed by atoms with van der Waals surface area (Å²) in [7, 11) is 0. The molecular weight excluding hydrogens is 214 g/mol. The van der Waals surface area contributed by atoms with Crippen LogP contribution in [0.4, 0.5) is 5.82 Å². The topological polar surface area (TPSA) is 54.2 Å². The van der Waals surface area contributed by atoms with Gasteiger partial charge in [-0.2, -0.15) is 5.10 Å². The molecule has 1 unspecified atom stereocenters. The minimum atomic E-state index is 0.530. The summed E-state index contributed by atoms with van der Waals surface area (Å²) < 4.78 is 1.78. The number of hydrogen-bond donors (Lipinski definition) is 2. The van der Waals surface area contributed by atoms with E-state index < -0.39 is 0 Å². The fourth-order valence-corrected chi connectivity index (χ4v) is 2.27. The number of nitrogens with one attached hydrogen (secondary N) is 2. The molecule has 5 heteroatoms. The Morgan fingerprint density at radius 1 is 1.29 bits per heavy atom. The van der Waals surface area contributed by atoms with Crippen LogP contribution in [-0.2, 0) is 0 Å². The Labute approximate surface area is 100 Å². The van der Waals surface area contributed by atoms with Gasteiger partial charge < -0.3 is 10.6 Å². The smallest absolute Gasteiger partial charge is 0.157 e. The maximum Gasteiger partial charge on any atom is 0.157 e. The third-order valence-electron chi connectivity index (χ3n) is 3.19. The summed E-state index contributed by atoms with van der Waals surface area (Å²) in [5.41, 5.74) is 0.891. The van der Waals surface area contributed by atoms with Gasteiger partial charge in [0.1, 0.15) is 5.82 Å². The highest BCUT2D eigenvalue weighted by atomic mass is 15.2. The lowest BCUT2D eigenvalue weighted by Crippen LogP contribution is -2.22. The molecule has 1 aliphatic rings. The molecule has 1 atom stereocenters. The van der Waals surface area contributed by atoms with E-state index in [1.54, 1.807) is 10.7 Å². The molecule has 0 saturated carbocycles. The van der Waals surface area contributed by atoms with Crippen molar-refractivity contribution in [1.82, 2.24) is 19.9 Å². The highest BCUT2D eigenvalue weighted by Crippen LogP contribution is 2.13. The monoisotopic (exact) mass is 231 g/mol. The first-order valence-corrected chi connectivity index (χ1v) is 6.19. The maximum atomic E-state index is 4.53. The van der Waals surface area contributed by atoms with E-state index in [0.717, 1.165) is 31.0 Å². The van der Waals surface area contributed by atoms with Crippen LogP contribution in [0.25, 0.3) is 5.65 Å². The van der Waals surface area contributed by atoms with Crippen LogP contribution in [0.1, 0.15) is 19.3 Å². The molecule has 90 valence electrons. The van der Waals surface area contributed by atoms with Crippen LogP contribution < -0.4 is 10.6 Å². The van der Waals surface area contributed by atoms with E-state index in [-0.39, 0.29) is 0 Å². The van der Waals surface area contributed by atoms with Gasteiger partial charge in [0.2, 0.25) is 0 Å². The molecule has 0 amide bonds. The number of nitrogens with zero attached hydrogens (tertiary/aromatic N) is 3.